The first-order chi connectivity index (χ1) is 15.6. The summed E-state index contributed by atoms with van der Waals surface area (Å²) in [5.41, 5.74) is 3.61. The van der Waals surface area contributed by atoms with Crippen LogP contribution in [-0.4, -0.2) is 43.0 Å². The number of anilines is 2. The molecule has 0 saturated carbocycles. The van der Waals surface area contributed by atoms with Crippen molar-refractivity contribution in [1.82, 2.24) is 0 Å². The van der Waals surface area contributed by atoms with E-state index in [-0.39, 0.29) is 25.0 Å². The van der Waals surface area contributed by atoms with Gasteiger partial charge in [-0.25, -0.2) is 4.79 Å². The van der Waals surface area contributed by atoms with Crippen molar-refractivity contribution in [2.24, 2.45) is 5.92 Å². The number of carbonyl (C=O) groups excluding carboxylic acids is 4. The van der Waals surface area contributed by atoms with Crippen molar-refractivity contribution in [2.45, 2.75) is 40.2 Å². The van der Waals surface area contributed by atoms with Gasteiger partial charge in [0.1, 0.15) is 0 Å². The molecule has 1 N–H and O–H groups in total. The summed E-state index contributed by atoms with van der Waals surface area (Å²) in [6, 6.07) is 12.1. The van der Waals surface area contributed by atoms with E-state index in [2.05, 4.69) is 5.32 Å². The van der Waals surface area contributed by atoms with Crippen LogP contribution in [0.5, 0.6) is 0 Å². The molecule has 1 saturated heterocycles. The number of amides is 2. The lowest BCUT2D eigenvalue weighted by Gasteiger charge is -2.17. The summed E-state index contributed by atoms with van der Waals surface area (Å²) in [6.07, 6.45) is -0.235. The zero-order chi connectivity index (χ0) is 24.1. The van der Waals surface area contributed by atoms with E-state index in [9.17, 15) is 19.2 Å². The maximum atomic E-state index is 12.4. The molecule has 1 atom stereocenters. The molecule has 0 unspecified atom stereocenters. The van der Waals surface area contributed by atoms with Gasteiger partial charge in [0.15, 0.2) is 6.61 Å². The van der Waals surface area contributed by atoms with Crippen LogP contribution >= 0.6 is 0 Å². The van der Waals surface area contributed by atoms with E-state index in [1.54, 1.807) is 38.1 Å². The number of esters is 2. The van der Waals surface area contributed by atoms with Crippen LogP contribution in [0.25, 0.3) is 0 Å². The van der Waals surface area contributed by atoms with Crippen molar-refractivity contribution in [3.05, 3.63) is 59.2 Å². The summed E-state index contributed by atoms with van der Waals surface area (Å²) in [5.74, 6) is -2.38. The monoisotopic (exact) mass is 452 g/mol. The van der Waals surface area contributed by atoms with Gasteiger partial charge in [0.2, 0.25) is 5.91 Å². The zero-order valence-corrected chi connectivity index (χ0v) is 19.2. The van der Waals surface area contributed by atoms with E-state index < -0.39 is 30.4 Å². The van der Waals surface area contributed by atoms with Gasteiger partial charge in [-0.2, -0.15) is 0 Å². The first kappa shape index (κ1) is 24.0. The van der Waals surface area contributed by atoms with E-state index in [0.29, 0.717) is 16.9 Å². The number of benzene rings is 2. The number of nitrogens with zero attached hydrogens (tertiary/aromatic N) is 1. The Hall–Kier alpha value is -3.68. The molecule has 1 aliphatic heterocycles. The van der Waals surface area contributed by atoms with Gasteiger partial charge in [-0.3, -0.25) is 14.4 Å². The number of carbonyl (C=O) groups is 4. The standard InChI is InChI=1S/C25H28N2O6/c1-15(2)33-25(31)18-5-7-21(8-6-18)27-13-19(12-23(27)29)24(30)32-14-22(28)26-20-10-16(3)9-17(4)11-20/h5-11,15,19H,12-14H2,1-4H3,(H,26,28)/t19-/m0/s1. The molecule has 8 heteroatoms. The van der Waals surface area contributed by atoms with Crippen molar-refractivity contribution in [3.63, 3.8) is 0 Å². The quantitative estimate of drug-likeness (QED) is 0.646. The predicted molar refractivity (Wildman–Crippen MR) is 123 cm³/mol. The maximum Gasteiger partial charge on any atom is 0.338 e. The first-order valence-electron chi connectivity index (χ1n) is 10.8. The van der Waals surface area contributed by atoms with Crippen molar-refractivity contribution < 1.29 is 28.7 Å². The first-order valence-corrected chi connectivity index (χ1v) is 10.8. The highest BCUT2D eigenvalue weighted by Crippen LogP contribution is 2.26. The van der Waals surface area contributed by atoms with Crippen LogP contribution in [0.3, 0.4) is 0 Å². The van der Waals surface area contributed by atoms with Crippen molar-refractivity contribution in [1.29, 1.82) is 0 Å². The molecule has 0 aliphatic carbocycles. The summed E-state index contributed by atoms with van der Waals surface area (Å²) in [4.78, 5) is 50.5. The Morgan fingerprint density at radius 2 is 1.70 bits per heavy atom. The number of hydrogen-bond donors (Lipinski definition) is 1. The largest absolute Gasteiger partial charge is 0.459 e. The van der Waals surface area contributed by atoms with Gasteiger partial charge in [0, 0.05) is 24.3 Å². The molecule has 33 heavy (non-hydrogen) atoms. The Kier molecular flexibility index (Phi) is 7.48. The fourth-order valence-corrected chi connectivity index (χ4v) is 3.67. The third kappa shape index (κ3) is 6.41. The molecule has 2 amide bonds. The van der Waals surface area contributed by atoms with Gasteiger partial charge < -0.3 is 19.7 Å². The van der Waals surface area contributed by atoms with Crippen LogP contribution in [-0.2, 0) is 23.9 Å². The van der Waals surface area contributed by atoms with Crippen molar-refractivity contribution in [3.8, 4) is 0 Å². The van der Waals surface area contributed by atoms with Crippen LogP contribution in [0, 0.1) is 19.8 Å². The average Bonchev–Trinajstić information content (AvgIpc) is 3.12. The topological polar surface area (TPSA) is 102 Å². The summed E-state index contributed by atoms with van der Waals surface area (Å²) in [6.45, 7) is 7.10. The summed E-state index contributed by atoms with van der Waals surface area (Å²) in [5, 5.41) is 2.71. The lowest BCUT2D eigenvalue weighted by molar-refractivity contribution is -0.151. The fraction of sp³-hybridized carbons (Fsp3) is 0.360. The molecule has 3 rings (SSSR count). The van der Waals surface area contributed by atoms with E-state index in [4.69, 9.17) is 9.47 Å². The van der Waals surface area contributed by atoms with Crippen LogP contribution in [0.4, 0.5) is 11.4 Å². The Bertz CT molecular complexity index is 1040. The van der Waals surface area contributed by atoms with E-state index in [0.717, 1.165) is 11.1 Å². The molecule has 0 radical (unpaired) electrons. The fourth-order valence-electron chi connectivity index (χ4n) is 3.67. The van der Waals surface area contributed by atoms with Gasteiger partial charge in [-0.1, -0.05) is 6.07 Å². The Labute approximate surface area is 192 Å². The lowest BCUT2D eigenvalue weighted by atomic mass is 10.1. The minimum absolute atomic E-state index is 0.00529. The third-order valence-electron chi connectivity index (χ3n) is 5.07. The Morgan fingerprint density at radius 1 is 1.06 bits per heavy atom. The van der Waals surface area contributed by atoms with E-state index in [1.807, 2.05) is 32.0 Å². The Balaban J connectivity index is 1.53. The van der Waals surface area contributed by atoms with Gasteiger partial charge in [-0.15, -0.1) is 0 Å². The highest BCUT2D eigenvalue weighted by atomic mass is 16.5. The average molecular weight is 453 g/mol. The third-order valence-corrected chi connectivity index (χ3v) is 5.07. The minimum Gasteiger partial charge on any atom is -0.459 e. The van der Waals surface area contributed by atoms with Crippen molar-refractivity contribution >= 4 is 35.1 Å². The van der Waals surface area contributed by atoms with Gasteiger partial charge in [0.05, 0.1) is 17.6 Å². The zero-order valence-electron chi connectivity index (χ0n) is 19.2. The van der Waals surface area contributed by atoms with Gasteiger partial charge >= 0.3 is 11.9 Å². The summed E-state index contributed by atoms with van der Waals surface area (Å²) < 4.78 is 10.3. The lowest BCUT2D eigenvalue weighted by Crippen LogP contribution is -2.28. The smallest absolute Gasteiger partial charge is 0.338 e. The molecule has 0 bridgehead atoms. The second-order valence-corrected chi connectivity index (χ2v) is 8.44. The summed E-state index contributed by atoms with van der Waals surface area (Å²) in [7, 11) is 0. The normalized spacial score (nSPS) is 15.5. The second kappa shape index (κ2) is 10.3. The molecule has 8 nitrogen and oxygen atoms in total. The molecule has 174 valence electrons. The molecular weight excluding hydrogens is 424 g/mol. The highest BCUT2D eigenvalue weighted by Gasteiger charge is 2.36. The van der Waals surface area contributed by atoms with Crippen LogP contribution < -0.4 is 10.2 Å². The number of rotatable bonds is 7. The van der Waals surface area contributed by atoms with E-state index >= 15 is 0 Å². The second-order valence-electron chi connectivity index (χ2n) is 8.44. The van der Waals surface area contributed by atoms with Gasteiger partial charge in [-0.05, 0) is 75.2 Å². The van der Waals surface area contributed by atoms with Crippen LogP contribution in [0.15, 0.2) is 42.5 Å². The molecule has 2 aromatic carbocycles. The molecule has 0 spiro atoms. The van der Waals surface area contributed by atoms with Crippen molar-refractivity contribution in [2.75, 3.05) is 23.4 Å². The predicted octanol–water partition coefficient (Wildman–Crippen LogP) is 3.40. The van der Waals surface area contributed by atoms with Gasteiger partial charge in [0.25, 0.3) is 5.91 Å². The maximum absolute atomic E-state index is 12.4. The molecule has 1 heterocycles. The van der Waals surface area contributed by atoms with Crippen LogP contribution in [0.1, 0.15) is 41.8 Å². The minimum atomic E-state index is -0.669. The highest BCUT2D eigenvalue weighted by molar-refractivity contribution is 6.00. The van der Waals surface area contributed by atoms with Crippen LogP contribution in [0.2, 0.25) is 0 Å². The molecule has 1 fully saturated rings. The Morgan fingerprint density at radius 3 is 2.30 bits per heavy atom. The molecule has 0 aromatic heterocycles. The number of aryl methyl sites for hydroxylation is 2. The number of ether oxygens (including phenoxy) is 2. The number of hydrogen-bond acceptors (Lipinski definition) is 6. The number of nitrogens with one attached hydrogen (secondary N) is 1. The molecular formula is C25H28N2O6. The van der Waals surface area contributed by atoms with E-state index in [1.165, 1.54) is 4.90 Å². The SMILES string of the molecule is Cc1cc(C)cc(NC(=O)COC(=O)[C@H]2CC(=O)N(c3ccc(C(=O)OC(C)C)cc3)C2)c1. The molecule has 1 aliphatic rings. The molecule has 2 aromatic rings. The summed E-state index contributed by atoms with van der Waals surface area (Å²) >= 11 is 0.